The number of likely N-dealkylation sites (tertiary alicyclic amines) is 1. The fourth-order valence-electron chi connectivity index (χ4n) is 4.21. The van der Waals surface area contributed by atoms with Crippen molar-refractivity contribution < 1.29 is 19.1 Å². The summed E-state index contributed by atoms with van der Waals surface area (Å²) in [5.74, 6) is -0.0255. The number of amides is 2. The van der Waals surface area contributed by atoms with Crippen molar-refractivity contribution in [2.75, 3.05) is 46.0 Å². The van der Waals surface area contributed by atoms with Crippen LogP contribution in [0.1, 0.15) is 31.0 Å². The van der Waals surface area contributed by atoms with Crippen LogP contribution in [0.5, 0.6) is 0 Å². The Kier molecular flexibility index (Phi) is 8.30. The SMILES string of the molecule is CCOC(=O)N1CCC(NC(=O)Cc2csc(-c3cccc(CN4CCOCC4)c3)n2)CC1. The van der Waals surface area contributed by atoms with Crippen molar-refractivity contribution >= 4 is 23.3 Å². The van der Waals surface area contributed by atoms with Gasteiger partial charge in [0.05, 0.1) is 31.9 Å². The predicted octanol–water partition coefficient (Wildman–Crippen LogP) is 2.92. The average molecular weight is 473 g/mol. The second-order valence-electron chi connectivity index (χ2n) is 8.44. The van der Waals surface area contributed by atoms with Gasteiger partial charge in [-0.1, -0.05) is 18.2 Å². The standard InChI is InChI=1S/C24H32N4O4S/c1-2-32-24(30)28-8-6-20(7-9-28)25-22(29)15-21-17-33-23(26-21)19-5-3-4-18(14-19)16-27-10-12-31-13-11-27/h3-5,14,17,20H,2,6-13,15-16H2,1H3,(H,25,29). The fourth-order valence-corrected chi connectivity index (χ4v) is 5.02. The maximum Gasteiger partial charge on any atom is 0.409 e. The third-order valence-electron chi connectivity index (χ3n) is 5.96. The van der Waals surface area contributed by atoms with Crippen molar-refractivity contribution in [1.29, 1.82) is 0 Å². The molecule has 0 bridgehead atoms. The molecule has 33 heavy (non-hydrogen) atoms. The van der Waals surface area contributed by atoms with E-state index in [9.17, 15) is 9.59 Å². The Bertz CT molecular complexity index is 936. The van der Waals surface area contributed by atoms with E-state index < -0.39 is 0 Å². The topological polar surface area (TPSA) is 84.0 Å². The van der Waals surface area contributed by atoms with Gasteiger partial charge in [0, 0.05) is 49.7 Å². The number of morpholine rings is 1. The molecule has 1 aromatic heterocycles. The lowest BCUT2D eigenvalue weighted by molar-refractivity contribution is -0.121. The second kappa shape index (κ2) is 11.6. The molecule has 8 nitrogen and oxygen atoms in total. The summed E-state index contributed by atoms with van der Waals surface area (Å²) in [6.07, 6.45) is 1.47. The first-order valence-corrected chi connectivity index (χ1v) is 12.5. The smallest absolute Gasteiger partial charge is 0.409 e. The molecule has 3 heterocycles. The lowest BCUT2D eigenvalue weighted by Gasteiger charge is -2.31. The van der Waals surface area contributed by atoms with Gasteiger partial charge in [0.15, 0.2) is 0 Å². The minimum absolute atomic E-state index is 0.0255. The summed E-state index contributed by atoms with van der Waals surface area (Å²) in [6.45, 7) is 7.80. The Labute approximate surface area is 198 Å². The monoisotopic (exact) mass is 472 g/mol. The number of rotatable bonds is 7. The van der Waals surface area contributed by atoms with Crippen molar-refractivity contribution in [3.05, 3.63) is 40.9 Å². The highest BCUT2D eigenvalue weighted by Gasteiger charge is 2.24. The number of benzene rings is 1. The summed E-state index contributed by atoms with van der Waals surface area (Å²) in [6, 6.07) is 8.56. The first kappa shape index (κ1) is 23.7. The highest BCUT2D eigenvalue weighted by atomic mass is 32.1. The van der Waals surface area contributed by atoms with Gasteiger partial charge in [-0.05, 0) is 31.4 Å². The molecule has 0 spiro atoms. The van der Waals surface area contributed by atoms with E-state index in [1.807, 2.05) is 5.38 Å². The van der Waals surface area contributed by atoms with Gasteiger partial charge in [0.2, 0.25) is 5.91 Å². The zero-order valence-corrected chi connectivity index (χ0v) is 19.9. The van der Waals surface area contributed by atoms with Gasteiger partial charge in [0.25, 0.3) is 0 Å². The van der Waals surface area contributed by atoms with Crippen molar-refractivity contribution in [2.24, 2.45) is 0 Å². The van der Waals surface area contributed by atoms with Crippen LogP contribution in [0.4, 0.5) is 4.79 Å². The summed E-state index contributed by atoms with van der Waals surface area (Å²) < 4.78 is 10.5. The van der Waals surface area contributed by atoms with E-state index in [-0.39, 0.29) is 24.5 Å². The van der Waals surface area contributed by atoms with Gasteiger partial charge in [-0.3, -0.25) is 9.69 Å². The van der Waals surface area contributed by atoms with Crippen molar-refractivity contribution in [3.8, 4) is 10.6 Å². The van der Waals surface area contributed by atoms with Crippen molar-refractivity contribution in [3.63, 3.8) is 0 Å². The van der Waals surface area contributed by atoms with Gasteiger partial charge in [-0.15, -0.1) is 11.3 Å². The minimum Gasteiger partial charge on any atom is -0.450 e. The number of thiazole rings is 1. The Morgan fingerprint density at radius 3 is 2.76 bits per heavy atom. The molecule has 0 atom stereocenters. The molecule has 2 amide bonds. The molecule has 0 aliphatic carbocycles. The molecule has 0 radical (unpaired) electrons. The molecule has 0 unspecified atom stereocenters. The lowest BCUT2D eigenvalue weighted by atomic mass is 10.1. The predicted molar refractivity (Wildman–Crippen MR) is 127 cm³/mol. The highest BCUT2D eigenvalue weighted by molar-refractivity contribution is 7.13. The molecule has 2 aromatic rings. The molecule has 1 N–H and O–H groups in total. The molecule has 2 saturated heterocycles. The number of hydrogen-bond acceptors (Lipinski definition) is 7. The van der Waals surface area contributed by atoms with Gasteiger partial charge < -0.3 is 19.7 Å². The summed E-state index contributed by atoms with van der Waals surface area (Å²) in [4.78, 5) is 33.2. The maximum absolute atomic E-state index is 12.6. The Morgan fingerprint density at radius 1 is 1.21 bits per heavy atom. The largest absolute Gasteiger partial charge is 0.450 e. The number of piperidine rings is 1. The molecular weight excluding hydrogens is 440 g/mol. The van der Waals surface area contributed by atoms with Crippen LogP contribution < -0.4 is 5.32 Å². The quantitative estimate of drug-likeness (QED) is 0.667. The van der Waals surface area contributed by atoms with Crippen LogP contribution in [0, 0.1) is 0 Å². The number of hydrogen-bond donors (Lipinski definition) is 1. The van der Waals surface area contributed by atoms with E-state index in [0.717, 1.165) is 62.0 Å². The number of aromatic nitrogens is 1. The fraction of sp³-hybridized carbons (Fsp3) is 0.542. The molecule has 2 fully saturated rings. The van der Waals surface area contributed by atoms with Crippen LogP contribution in [0.25, 0.3) is 10.6 Å². The lowest BCUT2D eigenvalue weighted by Crippen LogP contribution is -2.47. The van der Waals surface area contributed by atoms with Gasteiger partial charge in [-0.2, -0.15) is 0 Å². The van der Waals surface area contributed by atoms with Crippen molar-refractivity contribution in [1.82, 2.24) is 20.1 Å². The van der Waals surface area contributed by atoms with Gasteiger partial charge >= 0.3 is 6.09 Å². The number of nitrogens with zero attached hydrogens (tertiary/aromatic N) is 3. The zero-order chi connectivity index (χ0) is 23.0. The summed E-state index contributed by atoms with van der Waals surface area (Å²) in [5.41, 5.74) is 3.14. The number of carbonyl (C=O) groups is 2. The van der Waals surface area contributed by atoms with Crippen LogP contribution >= 0.6 is 11.3 Å². The van der Waals surface area contributed by atoms with Crippen LogP contribution in [-0.2, 0) is 27.2 Å². The van der Waals surface area contributed by atoms with E-state index in [0.29, 0.717) is 19.7 Å². The molecule has 2 aliphatic heterocycles. The molecular formula is C24H32N4O4S. The number of carbonyl (C=O) groups excluding carboxylic acids is 2. The van der Waals surface area contributed by atoms with Gasteiger partial charge in [-0.25, -0.2) is 9.78 Å². The maximum atomic E-state index is 12.6. The molecule has 2 aliphatic rings. The Morgan fingerprint density at radius 2 is 2.00 bits per heavy atom. The third kappa shape index (κ3) is 6.75. The van der Waals surface area contributed by atoms with E-state index in [1.54, 1.807) is 23.2 Å². The van der Waals surface area contributed by atoms with Crippen molar-refractivity contribution in [2.45, 2.75) is 38.8 Å². The zero-order valence-electron chi connectivity index (χ0n) is 19.1. The molecule has 0 saturated carbocycles. The van der Waals surface area contributed by atoms with E-state index in [1.165, 1.54) is 5.56 Å². The van der Waals surface area contributed by atoms with E-state index >= 15 is 0 Å². The van der Waals surface area contributed by atoms with Crippen LogP contribution in [0.15, 0.2) is 29.6 Å². The second-order valence-corrected chi connectivity index (χ2v) is 9.30. The normalized spacial score (nSPS) is 17.7. The summed E-state index contributed by atoms with van der Waals surface area (Å²) in [5, 5.41) is 5.99. The first-order chi connectivity index (χ1) is 16.1. The molecule has 4 rings (SSSR count). The number of nitrogens with one attached hydrogen (secondary N) is 1. The third-order valence-corrected chi connectivity index (χ3v) is 6.90. The Hall–Kier alpha value is -2.49. The van der Waals surface area contributed by atoms with E-state index in [2.05, 4.69) is 34.5 Å². The van der Waals surface area contributed by atoms with Gasteiger partial charge in [0.1, 0.15) is 5.01 Å². The summed E-state index contributed by atoms with van der Waals surface area (Å²) >= 11 is 1.57. The van der Waals surface area contributed by atoms with Crippen LogP contribution in [0.3, 0.4) is 0 Å². The highest BCUT2D eigenvalue weighted by Crippen LogP contribution is 2.25. The molecule has 178 valence electrons. The number of ether oxygens (including phenoxy) is 2. The first-order valence-electron chi connectivity index (χ1n) is 11.7. The van der Waals surface area contributed by atoms with Crippen LogP contribution in [-0.4, -0.2) is 78.8 Å². The Balaban J connectivity index is 1.27. The van der Waals surface area contributed by atoms with E-state index in [4.69, 9.17) is 14.5 Å². The molecule has 9 heteroatoms. The minimum atomic E-state index is -0.272. The average Bonchev–Trinajstić information content (AvgIpc) is 3.29. The molecule has 1 aromatic carbocycles. The van der Waals surface area contributed by atoms with Crippen LogP contribution in [0.2, 0.25) is 0 Å². The summed E-state index contributed by atoms with van der Waals surface area (Å²) in [7, 11) is 0.